The van der Waals surface area contributed by atoms with Gasteiger partial charge in [0.2, 0.25) is 5.91 Å². The maximum Gasteiger partial charge on any atom is 0.222 e. The largest absolute Gasteiger partial charge is 0.399 e. The van der Waals surface area contributed by atoms with Crippen molar-refractivity contribution in [3.63, 3.8) is 0 Å². The van der Waals surface area contributed by atoms with Gasteiger partial charge in [0.05, 0.1) is 13.2 Å². The molecule has 0 aromatic heterocycles. The molecule has 1 saturated carbocycles. The van der Waals surface area contributed by atoms with E-state index in [1.54, 1.807) is 0 Å². The Bertz CT molecular complexity index is 372. The van der Waals surface area contributed by atoms with E-state index in [-0.39, 0.29) is 5.91 Å². The molecule has 1 aliphatic carbocycles. The van der Waals surface area contributed by atoms with Crippen LogP contribution in [0.25, 0.3) is 0 Å². The van der Waals surface area contributed by atoms with Crippen LogP contribution in [0.1, 0.15) is 24.8 Å². The van der Waals surface area contributed by atoms with Gasteiger partial charge in [-0.3, -0.25) is 4.79 Å². The zero-order chi connectivity index (χ0) is 12.1. The zero-order valence-corrected chi connectivity index (χ0v) is 9.82. The number of carbonyl (C=O) groups is 1. The molecule has 2 rings (SSSR count). The molecule has 0 saturated heterocycles. The van der Waals surface area contributed by atoms with Crippen molar-refractivity contribution >= 4 is 11.6 Å². The lowest BCUT2D eigenvalue weighted by atomic mass is 10.2. The molecule has 0 heterocycles. The third-order valence-electron chi connectivity index (χ3n) is 2.66. The summed E-state index contributed by atoms with van der Waals surface area (Å²) in [5.74, 6) is 0.0878. The lowest BCUT2D eigenvalue weighted by Crippen LogP contribution is -2.26. The maximum absolute atomic E-state index is 11.3. The molecule has 1 fully saturated rings. The predicted molar refractivity (Wildman–Crippen MR) is 66.3 cm³/mol. The Morgan fingerprint density at radius 1 is 1.35 bits per heavy atom. The van der Waals surface area contributed by atoms with Gasteiger partial charge in [0.25, 0.3) is 0 Å². The Morgan fingerprint density at radius 2 is 2.06 bits per heavy atom. The topological polar surface area (TPSA) is 64.3 Å². The summed E-state index contributed by atoms with van der Waals surface area (Å²) < 4.78 is 5.43. The van der Waals surface area contributed by atoms with E-state index in [0.29, 0.717) is 25.7 Å². The fourth-order valence-electron chi connectivity index (χ4n) is 1.50. The van der Waals surface area contributed by atoms with Crippen molar-refractivity contribution in [3.05, 3.63) is 29.8 Å². The Labute approximate surface area is 101 Å². The Balaban J connectivity index is 1.59. The average Bonchev–Trinajstić information content (AvgIpc) is 3.11. The minimum absolute atomic E-state index is 0.0878. The smallest absolute Gasteiger partial charge is 0.222 e. The number of benzene rings is 1. The Kier molecular flexibility index (Phi) is 3.98. The molecule has 1 amide bonds. The molecule has 4 nitrogen and oxygen atoms in total. The summed E-state index contributed by atoms with van der Waals surface area (Å²) in [6.07, 6.45) is 2.68. The summed E-state index contributed by atoms with van der Waals surface area (Å²) in [6, 6.07) is 7.98. The van der Waals surface area contributed by atoms with Gasteiger partial charge in [-0.25, -0.2) is 0 Å². The number of ether oxygens (including phenoxy) is 1. The van der Waals surface area contributed by atoms with Crippen LogP contribution in [0.15, 0.2) is 24.3 Å². The van der Waals surface area contributed by atoms with Crippen LogP contribution in [-0.2, 0) is 16.1 Å². The fourth-order valence-corrected chi connectivity index (χ4v) is 1.50. The standard InChI is InChI=1S/C13H18N2O2/c14-11-3-1-10(2-4-11)9-17-8-7-13(16)15-12-5-6-12/h1-4,12H,5-9,14H2,(H,15,16). The molecular formula is C13H18N2O2. The van der Waals surface area contributed by atoms with Crippen LogP contribution in [0.5, 0.6) is 0 Å². The van der Waals surface area contributed by atoms with Crippen molar-refractivity contribution in [2.24, 2.45) is 0 Å². The second-order valence-corrected chi connectivity index (χ2v) is 4.39. The first kappa shape index (κ1) is 11.9. The van der Waals surface area contributed by atoms with Crippen molar-refractivity contribution in [2.75, 3.05) is 12.3 Å². The van der Waals surface area contributed by atoms with E-state index in [4.69, 9.17) is 10.5 Å². The first-order valence-corrected chi connectivity index (χ1v) is 5.95. The number of hydrogen-bond donors (Lipinski definition) is 2. The van der Waals surface area contributed by atoms with Crippen molar-refractivity contribution in [1.29, 1.82) is 0 Å². The predicted octanol–water partition coefficient (Wildman–Crippen LogP) is 1.45. The van der Waals surface area contributed by atoms with Crippen molar-refractivity contribution in [2.45, 2.75) is 31.9 Å². The average molecular weight is 234 g/mol. The second-order valence-electron chi connectivity index (χ2n) is 4.39. The van der Waals surface area contributed by atoms with Gasteiger partial charge in [-0.2, -0.15) is 0 Å². The van der Waals surface area contributed by atoms with Gasteiger partial charge in [-0.15, -0.1) is 0 Å². The molecule has 1 aromatic rings. The molecule has 1 aromatic carbocycles. The number of anilines is 1. The normalized spacial score (nSPS) is 14.6. The SMILES string of the molecule is Nc1ccc(COCCC(=O)NC2CC2)cc1. The Morgan fingerprint density at radius 3 is 2.71 bits per heavy atom. The number of rotatable bonds is 6. The molecule has 3 N–H and O–H groups in total. The summed E-state index contributed by atoms with van der Waals surface area (Å²) in [5, 5.41) is 2.92. The zero-order valence-electron chi connectivity index (χ0n) is 9.82. The van der Waals surface area contributed by atoms with Gasteiger partial charge in [-0.05, 0) is 30.5 Å². The highest BCUT2D eigenvalue weighted by Crippen LogP contribution is 2.18. The number of hydrogen-bond acceptors (Lipinski definition) is 3. The summed E-state index contributed by atoms with van der Waals surface area (Å²) >= 11 is 0. The monoisotopic (exact) mass is 234 g/mol. The van der Waals surface area contributed by atoms with E-state index in [9.17, 15) is 4.79 Å². The van der Waals surface area contributed by atoms with E-state index >= 15 is 0 Å². The summed E-state index contributed by atoms with van der Waals surface area (Å²) in [4.78, 5) is 11.3. The van der Waals surface area contributed by atoms with Gasteiger partial charge in [0.1, 0.15) is 0 Å². The van der Waals surface area contributed by atoms with E-state index < -0.39 is 0 Å². The van der Waals surface area contributed by atoms with Crippen LogP contribution in [0.3, 0.4) is 0 Å². The van der Waals surface area contributed by atoms with Gasteiger partial charge >= 0.3 is 0 Å². The molecular weight excluding hydrogens is 216 g/mol. The minimum atomic E-state index is 0.0878. The van der Waals surface area contributed by atoms with Crippen LogP contribution in [0, 0.1) is 0 Å². The van der Waals surface area contributed by atoms with Crippen LogP contribution >= 0.6 is 0 Å². The number of amides is 1. The van der Waals surface area contributed by atoms with Gasteiger partial charge in [0.15, 0.2) is 0 Å². The highest BCUT2D eigenvalue weighted by atomic mass is 16.5. The van der Waals surface area contributed by atoms with E-state index in [1.807, 2.05) is 24.3 Å². The molecule has 0 atom stereocenters. The van der Waals surface area contributed by atoms with E-state index in [1.165, 1.54) is 0 Å². The van der Waals surface area contributed by atoms with Crippen molar-refractivity contribution < 1.29 is 9.53 Å². The fraction of sp³-hybridized carbons (Fsp3) is 0.462. The number of nitrogens with one attached hydrogen (secondary N) is 1. The van der Waals surface area contributed by atoms with E-state index in [0.717, 1.165) is 24.1 Å². The molecule has 92 valence electrons. The molecule has 17 heavy (non-hydrogen) atoms. The first-order chi connectivity index (χ1) is 8.24. The third-order valence-corrected chi connectivity index (χ3v) is 2.66. The van der Waals surface area contributed by atoms with Crippen LogP contribution < -0.4 is 11.1 Å². The highest BCUT2D eigenvalue weighted by molar-refractivity contribution is 5.76. The molecule has 1 aliphatic rings. The van der Waals surface area contributed by atoms with Crippen LogP contribution in [0.4, 0.5) is 5.69 Å². The first-order valence-electron chi connectivity index (χ1n) is 5.95. The molecule has 0 spiro atoms. The molecule has 0 aliphatic heterocycles. The number of carbonyl (C=O) groups excluding carboxylic acids is 1. The maximum atomic E-state index is 11.3. The Hall–Kier alpha value is -1.55. The quantitative estimate of drug-likeness (QED) is 0.578. The summed E-state index contributed by atoms with van der Waals surface area (Å²) in [7, 11) is 0. The molecule has 0 unspecified atom stereocenters. The molecule has 0 radical (unpaired) electrons. The summed E-state index contributed by atoms with van der Waals surface area (Å²) in [6.45, 7) is 0.986. The number of nitrogen functional groups attached to an aromatic ring is 1. The van der Waals surface area contributed by atoms with Crippen LogP contribution in [0.2, 0.25) is 0 Å². The van der Waals surface area contributed by atoms with Crippen molar-refractivity contribution in [1.82, 2.24) is 5.32 Å². The van der Waals surface area contributed by atoms with E-state index in [2.05, 4.69) is 5.32 Å². The lowest BCUT2D eigenvalue weighted by molar-refractivity contribution is -0.122. The van der Waals surface area contributed by atoms with Crippen molar-refractivity contribution in [3.8, 4) is 0 Å². The highest BCUT2D eigenvalue weighted by Gasteiger charge is 2.22. The molecule has 0 bridgehead atoms. The van der Waals surface area contributed by atoms with Gasteiger partial charge in [0, 0.05) is 18.2 Å². The molecule has 4 heteroatoms. The second kappa shape index (κ2) is 5.68. The van der Waals surface area contributed by atoms with Crippen LogP contribution in [-0.4, -0.2) is 18.6 Å². The van der Waals surface area contributed by atoms with Gasteiger partial charge < -0.3 is 15.8 Å². The third kappa shape index (κ3) is 4.44. The summed E-state index contributed by atoms with van der Waals surface area (Å²) in [5.41, 5.74) is 7.40. The van der Waals surface area contributed by atoms with Gasteiger partial charge in [-0.1, -0.05) is 12.1 Å². The minimum Gasteiger partial charge on any atom is -0.399 e. The lowest BCUT2D eigenvalue weighted by Gasteiger charge is -2.05. The number of nitrogens with two attached hydrogens (primary N) is 1.